The largest absolute Gasteiger partial charge is 0.507 e. The SMILES string of the molecule is O=C1C(=O)N(c2cccc(Cl)c2)[C@H](c2ccc3c(c2)OCO3)C1=C(O)c1ccccc1. The van der Waals surface area contributed by atoms with Crippen molar-refractivity contribution in [1.82, 2.24) is 0 Å². The van der Waals surface area contributed by atoms with Crippen molar-refractivity contribution in [2.24, 2.45) is 0 Å². The maximum atomic E-state index is 13.1. The minimum atomic E-state index is -0.867. The number of carbonyl (C=O) groups is 2. The van der Waals surface area contributed by atoms with Gasteiger partial charge >= 0.3 is 0 Å². The zero-order valence-corrected chi connectivity index (χ0v) is 16.9. The van der Waals surface area contributed by atoms with E-state index in [1.807, 2.05) is 0 Å². The van der Waals surface area contributed by atoms with Crippen molar-refractivity contribution in [3.8, 4) is 11.5 Å². The Bertz CT molecular complexity index is 1240. The number of hydrogen-bond donors (Lipinski definition) is 1. The molecular weight excluding hydrogens is 418 g/mol. The Morgan fingerprint density at radius 1 is 0.935 bits per heavy atom. The lowest BCUT2D eigenvalue weighted by atomic mass is 9.95. The monoisotopic (exact) mass is 433 g/mol. The highest BCUT2D eigenvalue weighted by Crippen LogP contribution is 2.45. The van der Waals surface area contributed by atoms with Gasteiger partial charge in [0, 0.05) is 16.3 Å². The molecule has 6 nitrogen and oxygen atoms in total. The first-order valence-corrected chi connectivity index (χ1v) is 9.94. The second-order valence-corrected chi connectivity index (χ2v) is 7.56. The summed E-state index contributed by atoms with van der Waals surface area (Å²) in [6.07, 6.45) is 0. The standard InChI is InChI=1S/C24H16ClNO5/c25-16-7-4-8-17(12-16)26-21(15-9-10-18-19(11-15)31-13-30-18)20(23(28)24(26)29)22(27)14-5-2-1-3-6-14/h1-12,21,27H,13H2/t21-/m1/s1. The highest BCUT2D eigenvalue weighted by atomic mass is 35.5. The van der Waals surface area contributed by atoms with Gasteiger partial charge in [0.25, 0.3) is 11.7 Å². The number of ether oxygens (including phenoxy) is 2. The highest BCUT2D eigenvalue weighted by molar-refractivity contribution is 6.51. The van der Waals surface area contributed by atoms with Crippen molar-refractivity contribution in [1.29, 1.82) is 0 Å². The molecule has 0 spiro atoms. The third-order valence-electron chi connectivity index (χ3n) is 5.29. The van der Waals surface area contributed by atoms with Crippen LogP contribution in [0.3, 0.4) is 0 Å². The summed E-state index contributed by atoms with van der Waals surface area (Å²) < 4.78 is 10.9. The molecular formula is C24H16ClNO5. The Morgan fingerprint density at radius 3 is 2.48 bits per heavy atom. The molecule has 0 saturated carbocycles. The second kappa shape index (κ2) is 7.49. The molecule has 0 aliphatic carbocycles. The maximum Gasteiger partial charge on any atom is 0.300 e. The fraction of sp³-hybridized carbons (Fsp3) is 0.0833. The minimum absolute atomic E-state index is 0.00459. The van der Waals surface area contributed by atoms with E-state index in [1.54, 1.807) is 72.8 Å². The summed E-state index contributed by atoms with van der Waals surface area (Å²) in [5.74, 6) is -0.682. The van der Waals surface area contributed by atoms with Gasteiger partial charge in [-0.1, -0.05) is 54.1 Å². The summed E-state index contributed by atoms with van der Waals surface area (Å²) >= 11 is 6.15. The maximum absolute atomic E-state index is 13.1. The van der Waals surface area contributed by atoms with Crippen molar-refractivity contribution in [2.75, 3.05) is 11.7 Å². The van der Waals surface area contributed by atoms with Crippen LogP contribution in [0.1, 0.15) is 17.2 Å². The molecule has 5 rings (SSSR count). The van der Waals surface area contributed by atoms with Crippen molar-refractivity contribution in [2.45, 2.75) is 6.04 Å². The Balaban J connectivity index is 1.73. The van der Waals surface area contributed by atoms with Gasteiger partial charge in [-0.3, -0.25) is 14.5 Å². The smallest absolute Gasteiger partial charge is 0.300 e. The van der Waals surface area contributed by atoms with E-state index in [1.165, 1.54) is 4.90 Å². The molecule has 2 heterocycles. The topological polar surface area (TPSA) is 76.1 Å². The number of anilines is 1. The van der Waals surface area contributed by atoms with Gasteiger partial charge in [-0.25, -0.2) is 0 Å². The van der Waals surface area contributed by atoms with Crippen LogP contribution < -0.4 is 14.4 Å². The van der Waals surface area contributed by atoms with E-state index in [4.69, 9.17) is 21.1 Å². The molecule has 1 saturated heterocycles. The van der Waals surface area contributed by atoms with Crippen LogP contribution in [0, 0.1) is 0 Å². The number of rotatable bonds is 3. The molecule has 154 valence electrons. The zero-order valence-electron chi connectivity index (χ0n) is 16.1. The first-order valence-electron chi connectivity index (χ1n) is 9.56. The van der Waals surface area contributed by atoms with Crippen molar-refractivity contribution in [3.63, 3.8) is 0 Å². The van der Waals surface area contributed by atoms with Crippen LogP contribution in [0.5, 0.6) is 11.5 Å². The average molecular weight is 434 g/mol. The summed E-state index contributed by atoms with van der Waals surface area (Å²) in [7, 11) is 0. The molecule has 0 aromatic heterocycles. The van der Waals surface area contributed by atoms with Crippen LogP contribution in [-0.4, -0.2) is 23.6 Å². The van der Waals surface area contributed by atoms with Crippen LogP contribution in [0.2, 0.25) is 5.02 Å². The fourth-order valence-electron chi connectivity index (χ4n) is 3.87. The third kappa shape index (κ3) is 3.21. The Kier molecular flexibility index (Phi) is 4.64. The molecule has 7 heteroatoms. The van der Waals surface area contributed by atoms with Gasteiger partial charge in [-0.15, -0.1) is 0 Å². The number of aliphatic hydroxyl groups is 1. The molecule has 0 unspecified atom stereocenters. The Morgan fingerprint density at radius 2 is 1.71 bits per heavy atom. The van der Waals surface area contributed by atoms with E-state index in [0.717, 1.165) is 0 Å². The van der Waals surface area contributed by atoms with Crippen molar-refractivity contribution in [3.05, 3.63) is 94.5 Å². The lowest BCUT2D eigenvalue weighted by Gasteiger charge is -2.25. The van der Waals surface area contributed by atoms with Crippen molar-refractivity contribution < 1.29 is 24.2 Å². The predicted molar refractivity (Wildman–Crippen MR) is 115 cm³/mol. The van der Waals surface area contributed by atoms with Gasteiger partial charge in [-0.05, 0) is 35.9 Å². The van der Waals surface area contributed by atoms with Gasteiger partial charge in [0.15, 0.2) is 11.5 Å². The lowest BCUT2D eigenvalue weighted by molar-refractivity contribution is -0.132. The van der Waals surface area contributed by atoms with Gasteiger partial charge < -0.3 is 14.6 Å². The lowest BCUT2D eigenvalue weighted by Crippen LogP contribution is -2.29. The van der Waals surface area contributed by atoms with Crippen LogP contribution >= 0.6 is 11.6 Å². The summed E-state index contributed by atoms with van der Waals surface area (Å²) in [6, 6.07) is 19.7. The van der Waals surface area contributed by atoms with E-state index < -0.39 is 17.7 Å². The molecule has 0 bridgehead atoms. The van der Waals surface area contributed by atoms with E-state index in [0.29, 0.717) is 33.3 Å². The number of ketones is 1. The van der Waals surface area contributed by atoms with E-state index in [-0.39, 0.29) is 18.1 Å². The summed E-state index contributed by atoms with van der Waals surface area (Å²) in [6.45, 7) is 0.0945. The van der Waals surface area contributed by atoms with E-state index >= 15 is 0 Å². The normalized spacial score (nSPS) is 19.1. The summed E-state index contributed by atoms with van der Waals surface area (Å²) in [5, 5.41) is 11.5. The van der Waals surface area contributed by atoms with Gasteiger partial charge in [-0.2, -0.15) is 0 Å². The van der Waals surface area contributed by atoms with Crippen LogP contribution in [-0.2, 0) is 9.59 Å². The van der Waals surface area contributed by atoms with Crippen LogP contribution in [0.15, 0.2) is 78.4 Å². The first-order chi connectivity index (χ1) is 15.0. The van der Waals surface area contributed by atoms with E-state index in [9.17, 15) is 14.7 Å². The quantitative estimate of drug-likeness (QED) is 0.368. The molecule has 2 aliphatic rings. The molecule has 2 aliphatic heterocycles. The molecule has 1 atom stereocenters. The van der Waals surface area contributed by atoms with Crippen molar-refractivity contribution >= 4 is 34.7 Å². The third-order valence-corrected chi connectivity index (χ3v) is 5.53. The number of carbonyl (C=O) groups excluding carboxylic acids is 2. The van der Waals surface area contributed by atoms with E-state index in [2.05, 4.69) is 0 Å². The highest BCUT2D eigenvalue weighted by Gasteiger charge is 2.47. The summed E-state index contributed by atoms with van der Waals surface area (Å²) in [5.41, 5.74) is 1.48. The van der Waals surface area contributed by atoms with Crippen LogP contribution in [0.4, 0.5) is 5.69 Å². The average Bonchev–Trinajstić information content (AvgIpc) is 3.36. The zero-order chi connectivity index (χ0) is 21.5. The summed E-state index contributed by atoms with van der Waals surface area (Å²) in [4.78, 5) is 27.6. The number of benzene rings is 3. The number of Topliss-reactive ketones (excluding diaryl/α,β-unsaturated/α-hetero) is 1. The predicted octanol–water partition coefficient (Wildman–Crippen LogP) is 4.70. The van der Waals surface area contributed by atoms with Crippen LogP contribution in [0.25, 0.3) is 5.76 Å². The number of nitrogens with zero attached hydrogens (tertiary/aromatic N) is 1. The van der Waals surface area contributed by atoms with Gasteiger partial charge in [0.2, 0.25) is 6.79 Å². The Labute approximate surface area is 182 Å². The molecule has 1 amide bonds. The molecule has 0 radical (unpaired) electrons. The molecule has 1 N–H and O–H groups in total. The van der Waals surface area contributed by atoms with Gasteiger partial charge in [0.1, 0.15) is 5.76 Å². The molecule has 3 aromatic rings. The number of aliphatic hydroxyl groups excluding tert-OH is 1. The number of fused-ring (bicyclic) bond motifs is 1. The minimum Gasteiger partial charge on any atom is -0.507 e. The Hall–Kier alpha value is -3.77. The first kappa shape index (κ1) is 19.2. The second-order valence-electron chi connectivity index (χ2n) is 7.13. The number of hydrogen-bond acceptors (Lipinski definition) is 5. The number of halogens is 1. The fourth-order valence-corrected chi connectivity index (χ4v) is 4.06. The number of amides is 1. The molecule has 31 heavy (non-hydrogen) atoms. The van der Waals surface area contributed by atoms with Gasteiger partial charge in [0.05, 0.1) is 11.6 Å². The molecule has 1 fully saturated rings. The molecule has 3 aromatic carbocycles.